The quantitative estimate of drug-likeness (QED) is 0.623. The van der Waals surface area contributed by atoms with E-state index in [9.17, 15) is 5.11 Å². The minimum Gasteiger partial charge on any atom is -0.506 e. The van der Waals surface area contributed by atoms with E-state index >= 15 is 0 Å². The summed E-state index contributed by atoms with van der Waals surface area (Å²) in [6.45, 7) is 13.5. The number of nitrogens with one attached hydrogen (secondary N) is 1. The van der Waals surface area contributed by atoms with Crippen LogP contribution in [0.3, 0.4) is 0 Å². The van der Waals surface area contributed by atoms with Crippen molar-refractivity contribution in [3.05, 3.63) is 24.3 Å². The van der Waals surface area contributed by atoms with Crippen molar-refractivity contribution in [1.82, 2.24) is 10.2 Å². The number of piperazine rings is 1. The second-order valence-corrected chi connectivity index (χ2v) is 7.75. The maximum Gasteiger partial charge on any atom is 0.194 e. The summed E-state index contributed by atoms with van der Waals surface area (Å²) in [5, 5.41) is 13.5. The molecule has 26 heavy (non-hydrogen) atoms. The highest BCUT2D eigenvalue weighted by Gasteiger charge is 2.25. The van der Waals surface area contributed by atoms with Crippen molar-refractivity contribution < 1.29 is 9.84 Å². The average Bonchev–Trinajstić information content (AvgIpc) is 2.61. The number of phenolic OH excluding ortho intramolecular Hbond substituents is 1. The number of aliphatic imine (C=N–C) groups is 1. The largest absolute Gasteiger partial charge is 0.506 e. The van der Waals surface area contributed by atoms with E-state index in [1.165, 1.54) is 0 Å². The van der Waals surface area contributed by atoms with Crippen LogP contribution in [0.5, 0.6) is 5.75 Å². The Hall–Kier alpha value is -1.95. The number of aromatic hydroxyl groups is 1. The van der Waals surface area contributed by atoms with Gasteiger partial charge in [0.05, 0.1) is 18.3 Å². The molecule has 1 atom stereocenters. The molecule has 2 N–H and O–H groups in total. The van der Waals surface area contributed by atoms with Gasteiger partial charge in [0.25, 0.3) is 0 Å². The first-order valence-electron chi connectivity index (χ1n) is 9.45. The van der Waals surface area contributed by atoms with E-state index in [1.54, 1.807) is 13.2 Å². The molecule has 0 amide bonds. The lowest BCUT2D eigenvalue weighted by atomic mass is 9.89. The monoisotopic (exact) mass is 362 g/mol. The fraction of sp³-hybridized carbons (Fsp3) is 0.650. The first kappa shape index (κ1) is 20.4. The zero-order valence-electron chi connectivity index (χ0n) is 16.8. The van der Waals surface area contributed by atoms with E-state index in [4.69, 9.17) is 9.73 Å². The van der Waals surface area contributed by atoms with Crippen molar-refractivity contribution in [2.45, 2.75) is 33.8 Å². The maximum atomic E-state index is 10.1. The second kappa shape index (κ2) is 9.12. The number of methoxy groups -OCH3 is 1. The van der Waals surface area contributed by atoms with Crippen LogP contribution in [0.15, 0.2) is 29.3 Å². The van der Waals surface area contributed by atoms with Gasteiger partial charge < -0.3 is 25.0 Å². The van der Waals surface area contributed by atoms with Gasteiger partial charge in [-0.25, -0.2) is 0 Å². The number of hydrogen-bond donors (Lipinski definition) is 2. The molecule has 1 aliphatic rings. The lowest BCUT2D eigenvalue weighted by Crippen LogP contribution is -2.53. The maximum absolute atomic E-state index is 10.1. The lowest BCUT2D eigenvalue weighted by Gasteiger charge is -2.38. The lowest BCUT2D eigenvalue weighted by molar-refractivity contribution is 0.0239. The highest BCUT2D eigenvalue weighted by Crippen LogP contribution is 2.27. The van der Waals surface area contributed by atoms with Gasteiger partial charge in [-0.15, -0.1) is 0 Å². The van der Waals surface area contributed by atoms with E-state index in [0.29, 0.717) is 12.3 Å². The first-order chi connectivity index (χ1) is 12.4. The van der Waals surface area contributed by atoms with E-state index in [0.717, 1.165) is 44.4 Å². The smallest absolute Gasteiger partial charge is 0.194 e. The van der Waals surface area contributed by atoms with E-state index in [-0.39, 0.29) is 11.5 Å². The molecular weight excluding hydrogens is 328 g/mol. The van der Waals surface area contributed by atoms with Crippen molar-refractivity contribution in [1.29, 1.82) is 0 Å². The molecule has 0 radical (unpaired) electrons. The molecule has 1 unspecified atom stereocenters. The molecule has 1 saturated heterocycles. The molecular formula is C20H34N4O2. The number of rotatable bonds is 5. The number of ether oxygens (including phenoxy) is 1. The Morgan fingerprint density at radius 3 is 2.42 bits per heavy atom. The molecule has 1 aromatic rings. The Bertz CT molecular complexity index is 590. The minimum absolute atomic E-state index is 0.0547. The van der Waals surface area contributed by atoms with Crippen molar-refractivity contribution in [3.8, 4) is 5.75 Å². The summed E-state index contributed by atoms with van der Waals surface area (Å²) in [6, 6.07) is 7.53. The molecule has 1 aliphatic heterocycles. The van der Waals surface area contributed by atoms with Gasteiger partial charge in [0.2, 0.25) is 0 Å². The number of benzene rings is 1. The summed E-state index contributed by atoms with van der Waals surface area (Å²) in [7, 11) is 1.75. The number of para-hydroxylation sites is 2. The Balaban J connectivity index is 2.01. The summed E-state index contributed by atoms with van der Waals surface area (Å²) in [6.07, 6.45) is 0.0821. The van der Waals surface area contributed by atoms with Crippen LogP contribution in [-0.2, 0) is 4.74 Å². The minimum atomic E-state index is 0.0547. The van der Waals surface area contributed by atoms with Gasteiger partial charge >= 0.3 is 0 Å². The van der Waals surface area contributed by atoms with Crippen molar-refractivity contribution in [2.24, 2.45) is 10.4 Å². The summed E-state index contributed by atoms with van der Waals surface area (Å²) >= 11 is 0. The number of phenols is 1. The fourth-order valence-corrected chi connectivity index (χ4v) is 3.19. The third kappa shape index (κ3) is 5.27. The van der Waals surface area contributed by atoms with Crippen LogP contribution in [0.4, 0.5) is 5.69 Å². The molecule has 146 valence electrons. The molecule has 6 heteroatoms. The normalized spacial score (nSPS) is 17.3. The van der Waals surface area contributed by atoms with Crippen LogP contribution in [0.1, 0.15) is 27.7 Å². The Morgan fingerprint density at radius 2 is 1.88 bits per heavy atom. The number of hydrogen-bond acceptors (Lipinski definition) is 4. The number of anilines is 1. The van der Waals surface area contributed by atoms with Crippen molar-refractivity contribution >= 4 is 11.6 Å². The summed E-state index contributed by atoms with van der Waals surface area (Å²) in [4.78, 5) is 9.34. The molecule has 1 aromatic carbocycles. The SMILES string of the molecule is CCNC(=NCC(OC)C(C)(C)C)N1CCN(c2ccccc2O)CC1. The third-order valence-corrected chi connectivity index (χ3v) is 4.79. The van der Waals surface area contributed by atoms with Gasteiger partial charge in [0, 0.05) is 39.8 Å². The predicted octanol–water partition coefficient (Wildman–Crippen LogP) is 2.54. The van der Waals surface area contributed by atoms with Gasteiger partial charge in [0.15, 0.2) is 5.96 Å². The van der Waals surface area contributed by atoms with E-state index in [1.807, 2.05) is 18.2 Å². The molecule has 0 aromatic heterocycles. The zero-order chi connectivity index (χ0) is 19.2. The van der Waals surface area contributed by atoms with Crippen LogP contribution < -0.4 is 10.2 Å². The Morgan fingerprint density at radius 1 is 1.23 bits per heavy atom. The van der Waals surface area contributed by atoms with Gasteiger partial charge in [-0.3, -0.25) is 4.99 Å². The second-order valence-electron chi connectivity index (χ2n) is 7.75. The van der Waals surface area contributed by atoms with Crippen LogP contribution in [0, 0.1) is 5.41 Å². The predicted molar refractivity (Wildman–Crippen MR) is 108 cm³/mol. The number of guanidine groups is 1. The molecule has 2 rings (SSSR count). The molecule has 1 heterocycles. The molecule has 1 fully saturated rings. The summed E-state index contributed by atoms with van der Waals surface area (Å²) < 4.78 is 5.63. The molecule has 0 bridgehead atoms. The standard InChI is InChI=1S/C20H34N4O2/c1-6-21-19(22-15-18(26-5)20(2,3)4)24-13-11-23(12-14-24)16-9-7-8-10-17(16)25/h7-10,18,25H,6,11-15H2,1-5H3,(H,21,22). The fourth-order valence-electron chi connectivity index (χ4n) is 3.19. The topological polar surface area (TPSA) is 60.3 Å². The average molecular weight is 363 g/mol. The molecule has 0 spiro atoms. The Labute approximate surface area is 157 Å². The van der Waals surface area contributed by atoms with Gasteiger partial charge in [-0.05, 0) is 24.5 Å². The highest BCUT2D eigenvalue weighted by atomic mass is 16.5. The van der Waals surface area contributed by atoms with E-state index in [2.05, 4.69) is 42.8 Å². The molecule has 0 saturated carbocycles. The van der Waals surface area contributed by atoms with Crippen molar-refractivity contribution in [2.75, 3.05) is 51.3 Å². The van der Waals surface area contributed by atoms with Crippen LogP contribution >= 0.6 is 0 Å². The molecule has 6 nitrogen and oxygen atoms in total. The van der Waals surface area contributed by atoms with Gasteiger partial charge in [-0.1, -0.05) is 32.9 Å². The first-order valence-corrected chi connectivity index (χ1v) is 9.45. The van der Waals surface area contributed by atoms with Crippen molar-refractivity contribution in [3.63, 3.8) is 0 Å². The van der Waals surface area contributed by atoms with Crippen LogP contribution in [-0.4, -0.2) is 68.4 Å². The van der Waals surface area contributed by atoms with Crippen LogP contribution in [0.2, 0.25) is 0 Å². The van der Waals surface area contributed by atoms with Crippen LogP contribution in [0.25, 0.3) is 0 Å². The highest BCUT2D eigenvalue weighted by molar-refractivity contribution is 5.80. The number of nitrogens with zero attached hydrogens (tertiary/aromatic N) is 3. The van der Waals surface area contributed by atoms with E-state index < -0.39 is 0 Å². The zero-order valence-corrected chi connectivity index (χ0v) is 16.8. The Kier molecular flexibility index (Phi) is 7.14. The van der Waals surface area contributed by atoms with Gasteiger partial charge in [0.1, 0.15) is 5.75 Å². The van der Waals surface area contributed by atoms with Gasteiger partial charge in [-0.2, -0.15) is 0 Å². The molecule has 0 aliphatic carbocycles. The summed E-state index contributed by atoms with van der Waals surface area (Å²) in [5.41, 5.74) is 0.959. The third-order valence-electron chi connectivity index (χ3n) is 4.79. The summed E-state index contributed by atoms with van der Waals surface area (Å²) in [5.74, 6) is 1.28.